The van der Waals surface area contributed by atoms with Gasteiger partial charge in [0.25, 0.3) is 0 Å². The molecule has 0 heterocycles. The van der Waals surface area contributed by atoms with Crippen LogP contribution in [-0.4, -0.2) is 53.5 Å². The SMILES string of the molecule is CCC(C)C(N)C(=O)NC(C)C(=O)NC(C(=O)NCC(=O)O)C(C)C. The molecule has 25 heavy (non-hydrogen) atoms. The molecule has 0 aliphatic rings. The maximum Gasteiger partial charge on any atom is 0.322 e. The van der Waals surface area contributed by atoms with Gasteiger partial charge in [0, 0.05) is 0 Å². The van der Waals surface area contributed by atoms with Crippen molar-refractivity contribution in [2.75, 3.05) is 6.54 Å². The Hall–Kier alpha value is -2.16. The molecule has 0 spiro atoms. The Kier molecular flexibility index (Phi) is 9.73. The van der Waals surface area contributed by atoms with Crippen molar-refractivity contribution in [1.82, 2.24) is 16.0 Å². The zero-order valence-electron chi connectivity index (χ0n) is 15.5. The molecule has 4 unspecified atom stereocenters. The molecule has 0 saturated heterocycles. The second-order valence-corrected chi connectivity index (χ2v) is 6.48. The van der Waals surface area contributed by atoms with Gasteiger partial charge in [0.05, 0.1) is 6.04 Å². The van der Waals surface area contributed by atoms with Gasteiger partial charge < -0.3 is 26.8 Å². The van der Waals surface area contributed by atoms with E-state index in [1.807, 2.05) is 13.8 Å². The van der Waals surface area contributed by atoms with Gasteiger partial charge in [-0.3, -0.25) is 19.2 Å². The third-order valence-corrected chi connectivity index (χ3v) is 3.97. The molecular formula is C16H30N4O5. The minimum atomic E-state index is -1.18. The fourth-order valence-corrected chi connectivity index (χ4v) is 1.97. The molecule has 0 aliphatic carbocycles. The molecular weight excluding hydrogens is 328 g/mol. The summed E-state index contributed by atoms with van der Waals surface area (Å²) in [7, 11) is 0. The van der Waals surface area contributed by atoms with Crippen LogP contribution in [0.15, 0.2) is 0 Å². The maximum atomic E-state index is 12.2. The first kappa shape index (κ1) is 22.8. The van der Waals surface area contributed by atoms with Gasteiger partial charge in [0.1, 0.15) is 18.6 Å². The molecule has 0 aromatic heterocycles. The minimum absolute atomic E-state index is 0.0273. The molecule has 0 aliphatic heterocycles. The Morgan fingerprint density at radius 2 is 1.52 bits per heavy atom. The fourth-order valence-electron chi connectivity index (χ4n) is 1.97. The van der Waals surface area contributed by atoms with Gasteiger partial charge in [-0.15, -0.1) is 0 Å². The van der Waals surface area contributed by atoms with Gasteiger partial charge in [-0.1, -0.05) is 34.1 Å². The highest BCUT2D eigenvalue weighted by atomic mass is 16.4. The van der Waals surface area contributed by atoms with E-state index in [9.17, 15) is 19.2 Å². The number of carboxylic acid groups (broad SMARTS) is 1. The lowest BCUT2D eigenvalue weighted by Gasteiger charge is -2.25. The normalized spacial score (nSPS) is 15.6. The molecule has 0 aromatic carbocycles. The van der Waals surface area contributed by atoms with Crippen LogP contribution in [0.4, 0.5) is 0 Å². The Morgan fingerprint density at radius 3 is 1.96 bits per heavy atom. The summed E-state index contributed by atoms with van der Waals surface area (Å²) in [6, 6.07) is -2.51. The van der Waals surface area contributed by atoms with Crippen molar-refractivity contribution in [2.45, 2.75) is 59.2 Å². The van der Waals surface area contributed by atoms with Crippen LogP contribution in [0.3, 0.4) is 0 Å². The van der Waals surface area contributed by atoms with Crippen LogP contribution in [0.5, 0.6) is 0 Å². The van der Waals surface area contributed by atoms with Gasteiger partial charge in [0.2, 0.25) is 17.7 Å². The average molecular weight is 358 g/mol. The predicted molar refractivity (Wildman–Crippen MR) is 92.4 cm³/mol. The molecule has 0 saturated carbocycles. The van der Waals surface area contributed by atoms with E-state index in [1.165, 1.54) is 6.92 Å². The predicted octanol–water partition coefficient (Wildman–Crippen LogP) is -0.794. The monoisotopic (exact) mass is 358 g/mol. The molecule has 9 heteroatoms. The topological polar surface area (TPSA) is 151 Å². The van der Waals surface area contributed by atoms with Crippen LogP contribution in [-0.2, 0) is 19.2 Å². The van der Waals surface area contributed by atoms with E-state index >= 15 is 0 Å². The third kappa shape index (κ3) is 7.97. The van der Waals surface area contributed by atoms with E-state index in [0.717, 1.165) is 6.42 Å². The number of aliphatic carboxylic acids is 1. The second kappa shape index (κ2) is 10.7. The largest absolute Gasteiger partial charge is 0.480 e. The molecule has 4 atom stereocenters. The third-order valence-electron chi connectivity index (χ3n) is 3.97. The fraction of sp³-hybridized carbons (Fsp3) is 0.750. The number of carbonyl (C=O) groups excluding carboxylic acids is 3. The summed E-state index contributed by atoms with van der Waals surface area (Å²) in [5.41, 5.74) is 5.82. The van der Waals surface area contributed by atoms with E-state index in [-0.39, 0.29) is 11.8 Å². The lowest BCUT2D eigenvalue weighted by atomic mass is 9.99. The number of amides is 3. The van der Waals surface area contributed by atoms with Crippen LogP contribution in [0.2, 0.25) is 0 Å². The van der Waals surface area contributed by atoms with E-state index in [0.29, 0.717) is 0 Å². The highest BCUT2D eigenvalue weighted by Gasteiger charge is 2.28. The number of nitrogens with two attached hydrogens (primary N) is 1. The van der Waals surface area contributed by atoms with E-state index < -0.39 is 48.4 Å². The Labute approximate surface area is 148 Å². The smallest absolute Gasteiger partial charge is 0.322 e. The highest BCUT2D eigenvalue weighted by Crippen LogP contribution is 2.06. The number of carboxylic acids is 1. The van der Waals surface area contributed by atoms with Gasteiger partial charge in [-0.25, -0.2) is 0 Å². The summed E-state index contributed by atoms with van der Waals surface area (Å²) in [6.07, 6.45) is 0.730. The zero-order chi connectivity index (χ0) is 19.7. The van der Waals surface area contributed by atoms with Crippen LogP contribution in [0.25, 0.3) is 0 Å². The lowest BCUT2D eigenvalue weighted by molar-refractivity contribution is -0.139. The van der Waals surface area contributed by atoms with Crippen molar-refractivity contribution in [3.63, 3.8) is 0 Å². The number of nitrogens with one attached hydrogen (secondary N) is 3. The van der Waals surface area contributed by atoms with Crippen molar-refractivity contribution in [2.24, 2.45) is 17.6 Å². The summed E-state index contributed by atoms with van der Waals surface area (Å²) >= 11 is 0. The zero-order valence-corrected chi connectivity index (χ0v) is 15.5. The number of carbonyl (C=O) groups is 4. The Morgan fingerprint density at radius 1 is 0.960 bits per heavy atom. The van der Waals surface area contributed by atoms with Crippen LogP contribution >= 0.6 is 0 Å². The van der Waals surface area contributed by atoms with Crippen molar-refractivity contribution >= 4 is 23.7 Å². The summed E-state index contributed by atoms with van der Waals surface area (Å²) in [5, 5.41) is 15.9. The van der Waals surface area contributed by atoms with Crippen molar-refractivity contribution < 1.29 is 24.3 Å². The lowest BCUT2D eigenvalue weighted by Crippen LogP contribution is -2.57. The molecule has 0 bridgehead atoms. The standard InChI is InChI=1S/C16H30N4O5/c1-6-9(4)12(17)15(24)19-10(5)14(23)20-13(8(2)3)16(25)18-7-11(21)22/h8-10,12-13H,6-7,17H2,1-5H3,(H,18,25)(H,19,24)(H,20,23)(H,21,22). The molecule has 0 aromatic rings. The first-order valence-corrected chi connectivity index (χ1v) is 8.37. The van der Waals surface area contributed by atoms with Crippen LogP contribution < -0.4 is 21.7 Å². The quantitative estimate of drug-likeness (QED) is 0.345. The molecule has 0 radical (unpaired) electrons. The Balaban J connectivity index is 4.76. The van der Waals surface area contributed by atoms with Gasteiger partial charge in [-0.05, 0) is 18.8 Å². The molecule has 3 amide bonds. The van der Waals surface area contributed by atoms with Gasteiger partial charge >= 0.3 is 5.97 Å². The molecule has 6 N–H and O–H groups in total. The summed E-state index contributed by atoms with van der Waals surface area (Å²) < 4.78 is 0. The van der Waals surface area contributed by atoms with Gasteiger partial charge in [-0.2, -0.15) is 0 Å². The molecule has 144 valence electrons. The number of rotatable bonds is 10. The number of hydrogen-bond donors (Lipinski definition) is 5. The Bertz CT molecular complexity index is 495. The average Bonchev–Trinajstić information content (AvgIpc) is 2.54. The summed E-state index contributed by atoms with van der Waals surface area (Å²) in [5.74, 6) is -3.05. The summed E-state index contributed by atoms with van der Waals surface area (Å²) in [4.78, 5) is 46.8. The minimum Gasteiger partial charge on any atom is -0.480 e. The highest BCUT2D eigenvalue weighted by molar-refractivity contribution is 5.93. The van der Waals surface area contributed by atoms with Crippen molar-refractivity contribution in [3.05, 3.63) is 0 Å². The van der Waals surface area contributed by atoms with Crippen LogP contribution in [0.1, 0.15) is 41.0 Å². The first-order valence-electron chi connectivity index (χ1n) is 8.37. The van der Waals surface area contributed by atoms with E-state index in [4.69, 9.17) is 10.8 Å². The maximum absolute atomic E-state index is 12.2. The van der Waals surface area contributed by atoms with Crippen molar-refractivity contribution in [3.8, 4) is 0 Å². The molecule has 9 nitrogen and oxygen atoms in total. The second-order valence-electron chi connectivity index (χ2n) is 6.48. The molecule has 0 rings (SSSR count). The molecule has 0 fully saturated rings. The van der Waals surface area contributed by atoms with E-state index in [2.05, 4.69) is 16.0 Å². The van der Waals surface area contributed by atoms with E-state index in [1.54, 1.807) is 13.8 Å². The van der Waals surface area contributed by atoms with Gasteiger partial charge in [0.15, 0.2) is 0 Å². The first-order chi connectivity index (χ1) is 11.5. The number of hydrogen-bond acceptors (Lipinski definition) is 5. The summed E-state index contributed by atoms with van der Waals surface area (Å²) in [6.45, 7) is 8.14. The van der Waals surface area contributed by atoms with Crippen LogP contribution in [0, 0.1) is 11.8 Å². The van der Waals surface area contributed by atoms with Crippen molar-refractivity contribution in [1.29, 1.82) is 0 Å².